The number of ether oxygens (including phenoxy) is 2. The van der Waals surface area contributed by atoms with Gasteiger partial charge in [0.05, 0.1) is 25.1 Å². The average Bonchev–Trinajstić information content (AvgIpc) is 3.04. The molecule has 3 rings (SSSR count). The van der Waals surface area contributed by atoms with Crippen LogP contribution < -0.4 is 9.54 Å². The number of benzene rings is 2. The fraction of sp³-hybridized carbons (Fsp3) is 0.250. The molecule has 0 spiro atoms. The summed E-state index contributed by atoms with van der Waals surface area (Å²) >= 11 is 1.64. The molecule has 0 aliphatic rings. The van der Waals surface area contributed by atoms with Crippen molar-refractivity contribution in [2.45, 2.75) is 13.5 Å². The molecule has 0 radical (unpaired) electrons. The van der Waals surface area contributed by atoms with Gasteiger partial charge in [0.15, 0.2) is 4.80 Å². The van der Waals surface area contributed by atoms with E-state index >= 15 is 0 Å². The zero-order valence-corrected chi connectivity index (χ0v) is 15.5. The van der Waals surface area contributed by atoms with Crippen LogP contribution in [0.5, 0.6) is 5.75 Å². The summed E-state index contributed by atoms with van der Waals surface area (Å²) in [6.07, 6.45) is 0. The lowest BCUT2D eigenvalue weighted by Gasteiger charge is -2.09. The summed E-state index contributed by atoms with van der Waals surface area (Å²) in [4.78, 5) is 5.78. The van der Waals surface area contributed by atoms with Crippen molar-refractivity contribution < 1.29 is 9.47 Å². The second-order valence-corrected chi connectivity index (χ2v) is 6.56. The molecule has 0 amide bonds. The summed E-state index contributed by atoms with van der Waals surface area (Å²) in [6.45, 7) is 3.47. The van der Waals surface area contributed by atoms with E-state index in [4.69, 9.17) is 14.5 Å². The molecule has 4 nitrogen and oxygen atoms in total. The van der Waals surface area contributed by atoms with Crippen molar-refractivity contribution in [1.29, 1.82) is 0 Å². The molecule has 0 N–H and O–H groups in total. The Morgan fingerprint density at radius 3 is 2.36 bits per heavy atom. The Morgan fingerprint density at radius 2 is 1.72 bits per heavy atom. The monoisotopic (exact) mass is 354 g/mol. The van der Waals surface area contributed by atoms with Crippen LogP contribution in [0, 0.1) is 6.92 Å². The summed E-state index contributed by atoms with van der Waals surface area (Å²) in [5.74, 6) is 0.854. The Kier molecular flexibility index (Phi) is 5.68. The van der Waals surface area contributed by atoms with Crippen molar-refractivity contribution in [3.8, 4) is 17.0 Å². The first-order valence-corrected chi connectivity index (χ1v) is 9.02. The SMILES string of the molecule is COCCn1c(-c2ccc(OC)cc2)csc1=Nc1ccc(C)cc1. The summed E-state index contributed by atoms with van der Waals surface area (Å²) in [5, 5.41) is 2.14. The van der Waals surface area contributed by atoms with E-state index in [0.29, 0.717) is 6.61 Å². The van der Waals surface area contributed by atoms with Gasteiger partial charge in [-0.1, -0.05) is 17.7 Å². The minimum atomic E-state index is 0.640. The largest absolute Gasteiger partial charge is 0.497 e. The van der Waals surface area contributed by atoms with E-state index in [1.165, 1.54) is 5.56 Å². The first kappa shape index (κ1) is 17.5. The van der Waals surface area contributed by atoms with Gasteiger partial charge in [-0.2, -0.15) is 0 Å². The van der Waals surface area contributed by atoms with Crippen molar-refractivity contribution in [3.05, 3.63) is 64.3 Å². The second kappa shape index (κ2) is 8.14. The Hall–Kier alpha value is -2.37. The number of thiazole rings is 1. The van der Waals surface area contributed by atoms with Crippen LogP contribution in [0.3, 0.4) is 0 Å². The lowest BCUT2D eigenvalue weighted by atomic mass is 10.1. The van der Waals surface area contributed by atoms with Gasteiger partial charge in [0.2, 0.25) is 0 Å². The molecule has 3 aromatic rings. The number of hydrogen-bond acceptors (Lipinski definition) is 4. The van der Waals surface area contributed by atoms with E-state index in [-0.39, 0.29) is 0 Å². The van der Waals surface area contributed by atoms with Gasteiger partial charge in [0, 0.05) is 19.0 Å². The quantitative estimate of drug-likeness (QED) is 0.657. The molecular formula is C20H22N2O2S. The average molecular weight is 354 g/mol. The lowest BCUT2D eigenvalue weighted by Crippen LogP contribution is -2.18. The molecule has 0 saturated carbocycles. The number of methoxy groups -OCH3 is 2. The molecule has 0 saturated heterocycles. The number of aryl methyl sites for hydroxylation is 1. The van der Waals surface area contributed by atoms with Crippen LogP contribution in [0.15, 0.2) is 58.9 Å². The van der Waals surface area contributed by atoms with Gasteiger partial charge in [-0.25, -0.2) is 4.99 Å². The molecule has 130 valence electrons. The maximum atomic E-state index is 5.29. The summed E-state index contributed by atoms with van der Waals surface area (Å²) in [7, 11) is 3.40. The number of nitrogens with zero attached hydrogens (tertiary/aromatic N) is 2. The maximum Gasteiger partial charge on any atom is 0.190 e. The zero-order chi connectivity index (χ0) is 17.6. The highest BCUT2D eigenvalue weighted by atomic mass is 32.1. The topological polar surface area (TPSA) is 35.8 Å². The standard InChI is InChI=1S/C20H22N2O2S/c1-15-4-8-17(9-5-15)21-20-22(12-13-23-2)19(14-25-20)16-6-10-18(24-3)11-7-16/h4-11,14H,12-13H2,1-3H3. The molecule has 0 aliphatic heterocycles. The van der Waals surface area contributed by atoms with Crippen molar-refractivity contribution in [3.63, 3.8) is 0 Å². The fourth-order valence-corrected chi connectivity index (χ4v) is 3.49. The molecule has 1 heterocycles. The Labute approximate surface area is 152 Å². The third-order valence-electron chi connectivity index (χ3n) is 3.96. The Morgan fingerprint density at radius 1 is 1.00 bits per heavy atom. The van der Waals surface area contributed by atoms with Crippen LogP contribution in [-0.2, 0) is 11.3 Å². The van der Waals surface area contributed by atoms with E-state index in [0.717, 1.165) is 34.0 Å². The van der Waals surface area contributed by atoms with E-state index in [1.807, 2.05) is 24.3 Å². The fourth-order valence-electron chi connectivity index (χ4n) is 2.54. The van der Waals surface area contributed by atoms with Crippen LogP contribution in [0.2, 0.25) is 0 Å². The first-order valence-electron chi connectivity index (χ1n) is 8.14. The Bertz CT molecular complexity index is 877. The van der Waals surface area contributed by atoms with Crippen molar-refractivity contribution in [1.82, 2.24) is 4.57 Å². The third-order valence-corrected chi connectivity index (χ3v) is 4.82. The molecule has 5 heteroatoms. The highest BCUT2D eigenvalue weighted by Crippen LogP contribution is 2.23. The van der Waals surface area contributed by atoms with Crippen molar-refractivity contribution in [2.24, 2.45) is 4.99 Å². The van der Waals surface area contributed by atoms with Crippen molar-refractivity contribution in [2.75, 3.05) is 20.8 Å². The molecular weight excluding hydrogens is 332 g/mol. The van der Waals surface area contributed by atoms with Crippen LogP contribution in [0.1, 0.15) is 5.56 Å². The van der Waals surface area contributed by atoms with Crippen molar-refractivity contribution >= 4 is 17.0 Å². The van der Waals surface area contributed by atoms with E-state index in [9.17, 15) is 0 Å². The van der Waals surface area contributed by atoms with Gasteiger partial charge in [0.1, 0.15) is 5.75 Å². The third kappa shape index (κ3) is 4.18. The van der Waals surface area contributed by atoms with Gasteiger partial charge in [-0.15, -0.1) is 11.3 Å². The highest BCUT2D eigenvalue weighted by molar-refractivity contribution is 7.07. The minimum absolute atomic E-state index is 0.640. The summed E-state index contributed by atoms with van der Waals surface area (Å²) in [5.41, 5.74) is 4.46. The molecule has 25 heavy (non-hydrogen) atoms. The molecule has 0 unspecified atom stereocenters. The van der Waals surface area contributed by atoms with Gasteiger partial charge in [-0.05, 0) is 48.9 Å². The number of rotatable bonds is 6. The predicted molar refractivity (Wildman–Crippen MR) is 103 cm³/mol. The predicted octanol–water partition coefficient (Wildman–Crippen LogP) is 4.41. The zero-order valence-electron chi connectivity index (χ0n) is 14.7. The molecule has 0 aliphatic carbocycles. The number of hydrogen-bond donors (Lipinski definition) is 0. The molecule has 1 aromatic heterocycles. The highest BCUT2D eigenvalue weighted by Gasteiger charge is 2.08. The summed E-state index contributed by atoms with van der Waals surface area (Å²) in [6, 6.07) is 16.3. The van der Waals surface area contributed by atoms with E-state index in [1.54, 1.807) is 25.6 Å². The van der Waals surface area contributed by atoms with Gasteiger partial charge >= 0.3 is 0 Å². The van der Waals surface area contributed by atoms with Gasteiger partial charge in [-0.3, -0.25) is 0 Å². The second-order valence-electron chi connectivity index (χ2n) is 5.72. The van der Waals surface area contributed by atoms with Crippen LogP contribution in [-0.4, -0.2) is 25.4 Å². The van der Waals surface area contributed by atoms with E-state index < -0.39 is 0 Å². The lowest BCUT2D eigenvalue weighted by molar-refractivity contribution is 0.187. The van der Waals surface area contributed by atoms with Gasteiger partial charge in [0.25, 0.3) is 0 Å². The van der Waals surface area contributed by atoms with Crippen LogP contribution in [0.25, 0.3) is 11.3 Å². The smallest absolute Gasteiger partial charge is 0.190 e. The van der Waals surface area contributed by atoms with Gasteiger partial charge < -0.3 is 14.0 Å². The number of aromatic nitrogens is 1. The normalized spacial score (nSPS) is 11.7. The van der Waals surface area contributed by atoms with Crippen LogP contribution in [0.4, 0.5) is 5.69 Å². The maximum absolute atomic E-state index is 5.29. The Balaban J connectivity index is 2.03. The minimum Gasteiger partial charge on any atom is -0.497 e. The summed E-state index contributed by atoms with van der Waals surface area (Å²) < 4.78 is 12.7. The molecule has 0 bridgehead atoms. The molecule has 0 fully saturated rings. The molecule has 2 aromatic carbocycles. The van der Waals surface area contributed by atoms with E-state index in [2.05, 4.69) is 41.1 Å². The first-order chi connectivity index (χ1) is 12.2. The van der Waals surface area contributed by atoms with Crippen LogP contribution >= 0.6 is 11.3 Å². The molecule has 0 atom stereocenters.